The van der Waals surface area contributed by atoms with Gasteiger partial charge in [0, 0.05) is 48.2 Å². The Labute approximate surface area is 197 Å². The number of amides is 1. The van der Waals surface area contributed by atoms with Crippen molar-refractivity contribution >= 4 is 41.1 Å². The molecule has 168 valence electrons. The predicted octanol–water partition coefficient (Wildman–Crippen LogP) is 5.28. The van der Waals surface area contributed by atoms with Crippen molar-refractivity contribution in [3.63, 3.8) is 0 Å². The third-order valence-electron chi connectivity index (χ3n) is 6.38. The van der Waals surface area contributed by atoms with E-state index in [0.29, 0.717) is 12.5 Å². The zero-order valence-corrected chi connectivity index (χ0v) is 19.1. The molecule has 1 spiro atoms. The molecule has 2 aromatic rings. The lowest BCUT2D eigenvalue weighted by Gasteiger charge is -2.37. The molecule has 0 bridgehead atoms. The number of carbonyl (C=O) groups is 1. The lowest BCUT2D eigenvalue weighted by Crippen LogP contribution is -2.46. The number of hydrogen-bond donors (Lipinski definition) is 0. The number of ether oxygens (including phenoxy) is 1. The van der Waals surface area contributed by atoms with Crippen molar-refractivity contribution in [2.45, 2.75) is 43.7 Å². The molecule has 3 aliphatic rings. The number of benzene rings is 2. The number of likely N-dealkylation sites (tertiary alicyclic amines) is 1. The summed E-state index contributed by atoms with van der Waals surface area (Å²) in [5.41, 5.74) is 2.90. The van der Waals surface area contributed by atoms with Gasteiger partial charge in [0.15, 0.2) is 0 Å². The van der Waals surface area contributed by atoms with Gasteiger partial charge < -0.3 is 4.74 Å². The lowest BCUT2D eigenvalue weighted by atomic mass is 9.91. The standard InChI is InChI=1S/C23H24Cl2N2O2.CO2/c24-20-13-21(25)19(16-6-7-16)12-17(20)14-26-10-8-23(9-11-26)15-27(22(28)29-23)18-4-2-1-3-5-18;2-1-3/h1-5,12-13,16H,6-11,14-15H2;. The summed E-state index contributed by atoms with van der Waals surface area (Å²) in [6.45, 7) is 3.20. The van der Waals surface area contributed by atoms with Crippen molar-refractivity contribution in [1.29, 1.82) is 0 Å². The second-order valence-corrected chi connectivity index (χ2v) is 9.39. The van der Waals surface area contributed by atoms with E-state index in [9.17, 15) is 4.79 Å². The van der Waals surface area contributed by atoms with Gasteiger partial charge in [-0.3, -0.25) is 9.80 Å². The second kappa shape index (κ2) is 9.63. The lowest BCUT2D eigenvalue weighted by molar-refractivity contribution is -0.191. The van der Waals surface area contributed by atoms with E-state index in [1.165, 1.54) is 18.4 Å². The number of nitrogens with zero attached hydrogens (tertiary/aromatic N) is 2. The maximum absolute atomic E-state index is 12.5. The number of carbonyl (C=O) groups excluding carboxylic acids is 3. The fourth-order valence-electron chi connectivity index (χ4n) is 4.49. The fourth-order valence-corrected chi connectivity index (χ4v) is 5.09. The van der Waals surface area contributed by atoms with Crippen LogP contribution in [0.15, 0.2) is 42.5 Å². The van der Waals surface area contributed by atoms with E-state index >= 15 is 0 Å². The Morgan fingerprint density at radius 1 is 1.03 bits per heavy atom. The van der Waals surface area contributed by atoms with Gasteiger partial charge in [-0.2, -0.15) is 9.59 Å². The number of para-hydroxylation sites is 1. The zero-order chi connectivity index (χ0) is 22.7. The predicted molar refractivity (Wildman–Crippen MR) is 121 cm³/mol. The summed E-state index contributed by atoms with van der Waals surface area (Å²) in [5, 5.41) is 1.53. The Bertz CT molecular complexity index is 1010. The zero-order valence-electron chi connectivity index (χ0n) is 17.6. The van der Waals surface area contributed by atoms with Gasteiger partial charge >= 0.3 is 12.2 Å². The maximum atomic E-state index is 12.5. The van der Waals surface area contributed by atoms with Gasteiger partial charge in [0.1, 0.15) is 5.60 Å². The van der Waals surface area contributed by atoms with Gasteiger partial charge in [0.2, 0.25) is 0 Å². The number of hydrogen-bond acceptors (Lipinski definition) is 5. The minimum absolute atomic E-state index is 0.237. The van der Waals surface area contributed by atoms with E-state index in [-0.39, 0.29) is 17.8 Å². The molecule has 2 aliphatic heterocycles. The Kier molecular flexibility index (Phi) is 6.87. The van der Waals surface area contributed by atoms with E-state index < -0.39 is 0 Å². The minimum Gasteiger partial charge on any atom is -0.441 e. The third kappa shape index (κ3) is 5.00. The normalized spacial score (nSPS) is 19.8. The summed E-state index contributed by atoms with van der Waals surface area (Å²) in [6.07, 6.45) is 4.12. The fraction of sp³-hybridized carbons (Fsp3) is 0.417. The molecule has 0 radical (unpaired) electrons. The first kappa shape index (κ1) is 22.8. The minimum atomic E-state index is -0.383. The van der Waals surface area contributed by atoms with Crippen LogP contribution in [-0.2, 0) is 20.9 Å². The number of rotatable bonds is 4. The van der Waals surface area contributed by atoms with Crippen molar-refractivity contribution in [2.24, 2.45) is 0 Å². The molecule has 32 heavy (non-hydrogen) atoms. The van der Waals surface area contributed by atoms with Crippen LogP contribution in [0.3, 0.4) is 0 Å². The van der Waals surface area contributed by atoms with Crippen LogP contribution < -0.4 is 4.90 Å². The van der Waals surface area contributed by atoms with Crippen molar-refractivity contribution in [1.82, 2.24) is 4.90 Å². The average Bonchev–Trinajstić information content (AvgIpc) is 3.57. The van der Waals surface area contributed by atoms with Crippen LogP contribution in [0.5, 0.6) is 0 Å². The number of halogens is 2. The molecule has 6 nitrogen and oxygen atoms in total. The highest BCUT2D eigenvalue weighted by molar-refractivity contribution is 6.35. The molecule has 0 aromatic heterocycles. The number of piperidine rings is 1. The summed E-state index contributed by atoms with van der Waals surface area (Å²) in [5.74, 6) is 0.602. The highest BCUT2D eigenvalue weighted by atomic mass is 35.5. The Balaban J connectivity index is 0.000000775. The highest BCUT2D eigenvalue weighted by Crippen LogP contribution is 2.45. The van der Waals surface area contributed by atoms with E-state index in [2.05, 4.69) is 11.0 Å². The Hall–Kier alpha value is -2.37. The molecular weight excluding hydrogens is 451 g/mol. The van der Waals surface area contributed by atoms with Gasteiger partial charge in [0.25, 0.3) is 0 Å². The molecule has 0 N–H and O–H groups in total. The maximum Gasteiger partial charge on any atom is 0.415 e. The second-order valence-electron chi connectivity index (χ2n) is 8.57. The monoisotopic (exact) mass is 474 g/mol. The molecule has 1 aliphatic carbocycles. The van der Waals surface area contributed by atoms with Gasteiger partial charge in [-0.25, -0.2) is 4.79 Å². The molecule has 2 aromatic carbocycles. The van der Waals surface area contributed by atoms with Crippen LogP contribution in [0.1, 0.15) is 42.7 Å². The molecule has 1 saturated carbocycles. The van der Waals surface area contributed by atoms with E-state index in [4.69, 9.17) is 37.5 Å². The largest absolute Gasteiger partial charge is 0.441 e. The topological polar surface area (TPSA) is 66.9 Å². The third-order valence-corrected chi connectivity index (χ3v) is 7.06. The molecular formula is C24H24Cl2N2O4. The molecule has 1 amide bonds. The van der Waals surface area contributed by atoms with Crippen LogP contribution >= 0.6 is 23.2 Å². The Morgan fingerprint density at radius 2 is 1.69 bits per heavy atom. The van der Waals surface area contributed by atoms with Crippen molar-refractivity contribution in [3.05, 3.63) is 63.6 Å². The van der Waals surface area contributed by atoms with Gasteiger partial charge in [-0.1, -0.05) is 47.5 Å². The average molecular weight is 475 g/mol. The summed E-state index contributed by atoms with van der Waals surface area (Å²) >= 11 is 12.9. The van der Waals surface area contributed by atoms with Crippen molar-refractivity contribution in [3.8, 4) is 0 Å². The van der Waals surface area contributed by atoms with E-state index in [1.807, 2.05) is 36.4 Å². The van der Waals surface area contributed by atoms with Crippen LogP contribution in [0.25, 0.3) is 0 Å². The number of anilines is 1. The molecule has 5 rings (SSSR count). The summed E-state index contributed by atoms with van der Waals surface area (Å²) in [7, 11) is 0. The van der Waals surface area contributed by atoms with Gasteiger partial charge in [-0.15, -0.1) is 0 Å². The van der Waals surface area contributed by atoms with Crippen LogP contribution in [0, 0.1) is 0 Å². The molecule has 0 unspecified atom stereocenters. The molecule has 2 heterocycles. The van der Waals surface area contributed by atoms with E-state index in [0.717, 1.165) is 53.8 Å². The highest BCUT2D eigenvalue weighted by Gasteiger charge is 2.47. The summed E-state index contributed by atoms with van der Waals surface area (Å²) in [6, 6.07) is 13.8. The van der Waals surface area contributed by atoms with E-state index in [1.54, 1.807) is 4.90 Å². The molecule has 2 saturated heterocycles. The molecule has 3 fully saturated rings. The Morgan fingerprint density at radius 3 is 2.31 bits per heavy atom. The molecule has 8 heteroatoms. The quantitative estimate of drug-likeness (QED) is 0.602. The van der Waals surface area contributed by atoms with Gasteiger partial charge in [0.05, 0.1) is 6.54 Å². The van der Waals surface area contributed by atoms with Crippen LogP contribution in [-0.4, -0.2) is 42.4 Å². The first-order valence-corrected chi connectivity index (χ1v) is 11.5. The summed E-state index contributed by atoms with van der Waals surface area (Å²) in [4.78, 5) is 32.9. The van der Waals surface area contributed by atoms with Gasteiger partial charge in [-0.05, 0) is 48.1 Å². The van der Waals surface area contributed by atoms with Crippen molar-refractivity contribution < 1.29 is 19.1 Å². The first-order chi connectivity index (χ1) is 15.4. The van der Waals surface area contributed by atoms with Crippen LogP contribution in [0.2, 0.25) is 10.0 Å². The van der Waals surface area contributed by atoms with Crippen molar-refractivity contribution in [2.75, 3.05) is 24.5 Å². The SMILES string of the molecule is O=C1OC2(CCN(Cc3cc(C4CC4)c(Cl)cc3Cl)CC2)CN1c1ccccc1.O=C=O. The summed E-state index contributed by atoms with van der Waals surface area (Å²) < 4.78 is 5.87. The first-order valence-electron chi connectivity index (χ1n) is 10.7. The smallest absolute Gasteiger partial charge is 0.415 e. The van der Waals surface area contributed by atoms with Crippen LogP contribution in [0.4, 0.5) is 10.5 Å². The molecule has 0 atom stereocenters.